The molecule has 0 bridgehead atoms. The Labute approximate surface area is 224 Å². The minimum Gasteiger partial charge on any atom is -0.492 e. The first-order valence-electron chi connectivity index (χ1n) is 12.6. The lowest BCUT2D eigenvalue weighted by atomic mass is 9.81. The van der Waals surface area contributed by atoms with E-state index < -0.39 is 23.7 Å². The maximum atomic E-state index is 13.7. The van der Waals surface area contributed by atoms with Crippen molar-refractivity contribution in [2.75, 3.05) is 31.7 Å². The van der Waals surface area contributed by atoms with Crippen molar-refractivity contribution in [2.24, 2.45) is 11.8 Å². The summed E-state index contributed by atoms with van der Waals surface area (Å²) in [5, 5.41) is 1.66. The highest BCUT2D eigenvalue weighted by Gasteiger charge is 2.38. The van der Waals surface area contributed by atoms with Gasteiger partial charge in [-0.25, -0.2) is 23.5 Å². The van der Waals surface area contributed by atoms with Crippen LogP contribution < -0.4 is 9.64 Å². The molecule has 8 nitrogen and oxygen atoms in total. The summed E-state index contributed by atoms with van der Waals surface area (Å²) >= 11 is 6.31. The number of amides is 4. The summed E-state index contributed by atoms with van der Waals surface area (Å²) in [5.74, 6) is -1.53. The third kappa shape index (κ3) is 5.33. The monoisotopic (exact) mass is 547 g/mol. The normalized spacial score (nSPS) is 23.9. The predicted octanol–water partition coefficient (Wildman–Crippen LogP) is 5.11. The summed E-state index contributed by atoms with van der Waals surface area (Å²) in [5.41, 5.74) is 0.787. The van der Waals surface area contributed by atoms with Crippen LogP contribution in [0.4, 0.5) is 19.3 Å². The third-order valence-corrected chi connectivity index (χ3v) is 7.69. The standard InChI is InChI=1S/C27H28ClF2N3O5/c1-31-14-25(34)32(27(31)36)21-6-7-22(28)24(13-21)37-15-16-2-4-17(5-3-16)26(35)33-23(8-9-38-33)18-10-19(29)12-20(30)11-18/h6-7,10-13,16-17,23H,2-5,8-9,14-15H2,1H3/t16-,17-,23-/m0/s1. The van der Waals surface area contributed by atoms with Crippen LogP contribution in [0.5, 0.6) is 5.75 Å². The molecule has 0 spiro atoms. The van der Waals surface area contributed by atoms with Gasteiger partial charge in [-0.3, -0.25) is 14.4 Å². The molecule has 38 heavy (non-hydrogen) atoms. The van der Waals surface area contributed by atoms with Crippen LogP contribution in [-0.2, 0) is 14.4 Å². The van der Waals surface area contributed by atoms with E-state index in [1.165, 1.54) is 22.1 Å². The van der Waals surface area contributed by atoms with Crippen LogP contribution in [0.25, 0.3) is 0 Å². The summed E-state index contributed by atoms with van der Waals surface area (Å²) in [6, 6.07) is 7.16. The van der Waals surface area contributed by atoms with Crippen LogP contribution in [0.15, 0.2) is 36.4 Å². The van der Waals surface area contributed by atoms with E-state index in [-0.39, 0.29) is 30.2 Å². The van der Waals surface area contributed by atoms with Gasteiger partial charge >= 0.3 is 6.03 Å². The molecule has 0 unspecified atom stereocenters. The highest BCUT2D eigenvalue weighted by atomic mass is 35.5. The first-order valence-corrected chi connectivity index (χ1v) is 13.0. The topological polar surface area (TPSA) is 79.4 Å². The van der Waals surface area contributed by atoms with Gasteiger partial charge in [-0.2, -0.15) is 0 Å². The molecule has 1 saturated carbocycles. The maximum absolute atomic E-state index is 13.7. The summed E-state index contributed by atoms with van der Waals surface area (Å²) < 4.78 is 33.5. The Morgan fingerprint density at radius 2 is 1.76 bits per heavy atom. The van der Waals surface area contributed by atoms with E-state index in [9.17, 15) is 23.2 Å². The lowest BCUT2D eigenvalue weighted by Crippen LogP contribution is -2.37. The van der Waals surface area contributed by atoms with E-state index in [1.54, 1.807) is 25.2 Å². The molecule has 2 heterocycles. The zero-order chi connectivity index (χ0) is 27.0. The highest BCUT2D eigenvalue weighted by Crippen LogP contribution is 2.38. The SMILES string of the molecule is CN1CC(=O)N(c2ccc(Cl)c(OC[C@H]3CC[C@H](C(=O)N4OCC[C@H]4c4cc(F)cc(F)c4)CC3)c2)C1=O. The first kappa shape index (κ1) is 26.4. The second-order valence-corrected chi connectivity index (χ2v) is 10.4. The average Bonchev–Trinajstić information content (AvgIpc) is 3.47. The number of carbonyl (C=O) groups is 3. The minimum absolute atomic E-state index is 0.0158. The molecular weight excluding hydrogens is 520 g/mol. The molecule has 1 atom stereocenters. The van der Waals surface area contributed by atoms with Crippen LogP contribution in [0, 0.1) is 23.5 Å². The number of anilines is 1. The van der Waals surface area contributed by atoms with Gasteiger partial charge in [0, 0.05) is 31.5 Å². The molecule has 2 saturated heterocycles. The molecule has 2 aromatic carbocycles. The molecule has 2 aliphatic heterocycles. The highest BCUT2D eigenvalue weighted by molar-refractivity contribution is 6.32. The molecular formula is C27H28ClF2N3O5. The number of hydrogen-bond acceptors (Lipinski definition) is 5. The predicted molar refractivity (Wildman–Crippen MR) is 134 cm³/mol. The Bertz CT molecular complexity index is 1230. The molecule has 0 N–H and O–H groups in total. The fraction of sp³-hybridized carbons (Fsp3) is 0.444. The van der Waals surface area contributed by atoms with Crippen LogP contribution in [-0.4, -0.2) is 54.6 Å². The molecule has 2 aromatic rings. The lowest BCUT2D eigenvalue weighted by molar-refractivity contribution is -0.183. The smallest absolute Gasteiger partial charge is 0.331 e. The molecule has 0 aromatic heterocycles. The Balaban J connectivity index is 1.17. The lowest BCUT2D eigenvalue weighted by Gasteiger charge is -2.32. The number of likely N-dealkylation sites (N-methyl/N-ethyl adjacent to an activating group) is 1. The van der Waals surface area contributed by atoms with Gasteiger partial charge < -0.3 is 9.64 Å². The quantitative estimate of drug-likeness (QED) is 0.470. The van der Waals surface area contributed by atoms with Gasteiger partial charge in [0.2, 0.25) is 5.91 Å². The van der Waals surface area contributed by atoms with Crippen molar-refractivity contribution in [3.8, 4) is 5.75 Å². The van der Waals surface area contributed by atoms with Gasteiger partial charge in [0.05, 0.1) is 30.0 Å². The van der Waals surface area contributed by atoms with E-state index >= 15 is 0 Å². The van der Waals surface area contributed by atoms with Gasteiger partial charge in [-0.1, -0.05) is 11.6 Å². The Kier molecular flexibility index (Phi) is 7.54. The Morgan fingerprint density at radius 1 is 1.05 bits per heavy atom. The van der Waals surface area contributed by atoms with Crippen molar-refractivity contribution in [1.82, 2.24) is 9.96 Å². The van der Waals surface area contributed by atoms with E-state index in [2.05, 4.69) is 0 Å². The van der Waals surface area contributed by atoms with Crippen molar-refractivity contribution in [3.05, 3.63) is 58.6 Å². The first-order chi connectivity index (χ1) is 18.2. The van der Waals surface area contributed by atoms with Crippen LogP contribution in [0.2, 0.25) is 5.02 Å². The van der Waals surface area contributed by atoms with Crippen LogP contribution >= 0.6 is 11.6 Å². The Morgan fingerprint density at radius 3 is 2.42 bits per heavy atom. The van der Waals surface area contributed by atoms with Gasteiger partial charge in [-0.15, -0.1) is 0 Å². The summed E-state index contributed by atoms with van der Waals surface area (Å²) in [7, 11) is 1.56. The number of rotatable bonds is 6. The number of imide groups is 1. The largest absolute Gasteiger partial charge is 0.492 e. The molecule has 4 amide bonds. The van der Waals surface area contributed by atoms with Crippen LogP contribution in [0.1, 0.15) is 43.7 Å². The van der Waals surface area contributed by atoms with E-state index in [0.717, 1.165) is 23.8 Å². The number of benzene rings is 2. The van der Waals surface area contributed by atoms with Crippen molar-refractivity contribution < 1.29 is 32.7 Å². The zero-order valence-electron chi connectivity index (χ0n) is 20.9. The van der Waals surface area contributed by atoms with E-state index in [1.807, 2.05) is 0 Å². The van der Waals surface area contributed by atoms with Gasteiger partial charge in [0.1, 0.15) is 23.9 Å². The maximum Gasteiger partial charge on any atom is 0.331 e. The molecule has 3 aliphatic rings. The second-order valence-electron chi connectivity index (χ2n) is 10.0. The number of urea groups is 1. The van der Waals surface area contributed by atoms with E-state index in [0.29, 0.717) is 54.5 Å². The van der Waals surface area contributed by atoms with Crippen molar-refractivity contribution >= 4 is 35.1 Å². The molecule has 3 fully saturated rings. The van der Waals surface area contributed by atoms with E-state index in [4.69, 9.17) is 21.2 Å². The van der Waals surface area contributed by atoms with Gasteiger partial charge in [-0.05, 0) is 61.4 Å². The average molecular weight is 548 g/mol. The minimum atomic E-state index is -0.684. The van der Waals surface area contributed by atoms with Gasteiger partial charge in [0.25, 0.3) is 5.91 Å². The summed E-state index contributed by atoms with van der Waals surface area (Å²) in [4.78, 5) is 45.8. The van der Waals surface area contributed by atoms with Crippen LogP contribution in [0.3, 0.4) is 0 Å². The molecule has 5 rings (SSSR count). The second kappa shape index (κ2) is 10.9. The summed E-state index contributed by atoms with van der Waals surface area (Å²) in [6.45, 7) is 0.696. The number of ether oxygens (including phenoxy) is 1. The Hall–Kier alpha value is -3.24. The number of hydrogen-bond donors (Lipinski definition) is 0. The fourth-order valence-corrected chi connectivity index (χ4v) is 5.51. The zero-order valence-corrected chi connectivity index (χ0v) is 21.6. The fourth-order valence-electron chi connectivity index (χ4n) is 5.34. The van der Waals surface area contributed by atoms with Crippen molar-refractivity contribution in [2.45, 2.75) is 38.1 Å². The molecule has 202 valence electrons. The summed E-state index contributed by atoms with van der Waals surface area (Å²) in [6.07, 6.45) is 3.23. The number of hydroxylamine groups is 2. The van der Waals surface area contributed by atoms with Crippen molar-refractivity contribution in [3.63, 3.8) is 0 Å². The number of carbonyl (C=O) groups excluding carboxylic acids is 3. The number of nitrogens with zero attached hydrogens (tertiary/aromatic N) is 3. The van der Waals surface area contributed by atoms with Crippen molar-refractivity contribution in [1.29, 1.82) is 0 Å². The molecule has 11 heteroatoms. The third-order valence-electron chi connectivity index (χ3n) is 7.37. The van der Waals surface area contributed by atoms with Gasteiger partial charge in [0.15, 0.2) is 0 Å². The molecule has 1 aliphatic carbocycles. The molecule has 0 radical (unpaired) electrons. The number of halogens is 3.